The summed E-state index contributed by atoms with van der Waals surface area (Å²) in [5, 5.41) is 6.63. The van der Waals surface area contributed by atoms with Gasteiger partial charge in [0.2, 0.25) is 0 Å². The molecule has 0 aliphatic heterocycles. The summed E-state index contributed by atoms with van der Waals surface area (Å²) >= 11 is 6.28. The zero-order valence-corrected chi connectivity index (χ0v) is 17.4. The molecule has 4 rings (SSSR count). The van der Waals surface area contributed by atoms with Crippen molar-refractivity contribution in [2.45, 2.75) is 19.7 Å². The monoisotopic (exact) mass is 424 g/mol. The van der Waals surface area contributed by atoms with Crippen LogP contribution in [0.1, 0.15) is 16.7 Å². The number of halogens is 2. The molecule has 0 saturated carbocycles. The first kappa shape index (κ1) is 21.1. The highest BCUT2D eigenvalue weighted by Crippen LogP contribution is 2.29. The fourth-order valence-electron chi connectivity index (χ4n) is 3.24. The first-order valence-corrected chi connectivity index (χ1v) is 9.65. The van der Waals surface area contributed by atoms with Crippen LogP contribution in [0.3, 0.4) is 0 Å². The van der Waals surface area contributed by atoms with Gasteiger partial charge in [0.25, 0.3) is 0 Å². The number of rotatable bonds is 7. The van der Waals surface area contributed by atoms with Gasteiger partial charge in [0, 0.05) is 41.6 Å². The number of nitrogens with zero attached hydrogens (tertiary/aromatic N) is 1. The second kappa shape index (κ2) is 10.3. The van der Waals surface area contributed by atoms with Gasteiger partial charge in [-0.2, -0.15) is 0 Å². The molecule has 0 fully saturated rings. The summed E-state index contributed by atoms with van der Waals surface area (Å²) in [5.74, 6) is 0.873. The van der Waals surface area contributed by atoms with Gasteiger partial charge in [-0.05, 0) is 34.5 Å². The van der Waals surface area contributed by atoms with Gasteiger partial charge in [0.1, 0.15) is 12.4 Å². The van der Waals surface area contributed by atoms with Crippen LogP contribution in [0.15, 0.2) is 85.2 Å². The highest BCUT2D eigenvalue weighted by molar-refractivity contribution is 6.31. The molecule has 0 bridgehead atoms. The number of hydrogen-bond acceptors (Lipinski definition) is 3. The number of benzene rings is 3. The van der Waals surface area contributed by atoms with Crippen molar-refractivity contribution in [3.8, 4) is 5.75 Å². The van der Waals surface area contributed by atoms with Crippen LogP contribution in [0.2, 0.25) is 5.02 Å². The van der Waals surface area contributed by atoms with Crippen molar-refractivity contribution in [2.24, 2.45) is 0 Å². The minimum absolute atomic E-state index is 0. The summed E-state index contributed by atoms with van der Waals surface area (Å²) in [6.07, 6.45) is 3.67. The summed E-state index contributed by atoms with van der Waals surface area (Å²) < 4.78 is 6.18. The summed E-state index contributed by atoms with van der Waals surface area (Å²) in [6, 6.07) is 24.3. The molecular weight excluding hydrogens is 403 g/mol. The Kier molecular flexibility index (Phi) is 7.48. The lowest BCUT2D eigenvalue weighted by Crippen LogP contribution is -2.14. The van der Waals surface area contributed by atoms with Crippen LogP contribution in [-0.4, -0.2) is 4.98 Å². The van der Waals surface area contributed by atoms with Gasteiger partial charge in [-0.15, -0.1) is 12.4 Å². The molecule has 0 atom stereocenters. The van der Waals surface area contributed by atoms with Crippen LogP contribution in [0, 0.1) is 0 Å². The van der Waals surface area contributed by atoms with E-state index in [9.17, 15) is 0 Å². The van der Waals surface area contributed by atoms with Gasteiger partial charge < -0.3 is 10.1 Å². The molecule has 1 N–H and O–H groups in total. The normalized spacial score (nSPS) is 10.5. The molecule has 5 heteroatoms. The smallest absolute Gasteiger partial charge is 0.124 e. The SMILES string of the molecule is Cl.Clc1ccccc1COc1ccc2ccccc2c1CNCc1cccnc1. The first-order valence-electron chi connectivity index (χ1n) is 9.28. The van der Waals surface area contributed by atoms with E-state index >= 15 is 0 Å². The van der Waals surface area contributed by atoms with Gasteiger partial charge in [0.05, 0.1) is 0 Å². The van der Waals surface area contributed by atoms with E-state index in [1.165, 1.54) is 10.8 Å². The number of ether oxygens (including phenoxy) is 1. The molecule has 0 spiro atoms. The summed E-state index contributed by atoms with van der Waals surface area (Å²) in [7, 11) is 0. The average molecular weight is 425 g/mol. The van der Waals surface area contributed by atoms with Crippen LogP contribution < -0.4 is 10.1 Å². The van der Waals surface area contributed by atoms with Crippen molar-refractivity contribution in [2.75, 3.05) is 0 Å². The number of nitrogens with one attached hydrogen (secondary N) is 1. The average Bonchev–Trinajstić information content (AvgIpc) is 2.74. The largest absolute Gasteiger partial charge is 0.488 e. The minimum Gasteiger partial charge on any atom is -0.488 e. The van der Waals surface area contributed by atoms with E-state index in [4.69, 9.17) is 16.3 Å². The van der Waals surface area contributed by atoms with Crippen LogP contribution in [0.4, 0.5) is 0 Å². The molecule has 3 nitrogen and oxygen atoms in total. The fraction of sp³-hybridized carbons (Fsp3) is 0.125. The van der Waals surface area contributed by atoms with Gasteiger partial charge in [-0.1, -0.05) is 66.2 Å². The summed E-state index contributed by atoms with van der Waals surface area (Å²) in [5.41, 5.74) is 3.28. The molecule has 4 aromatic rings. The molecule has 148 valence electrons. The van der Waals surface area contributed by atoms with E-state index in [0.29, 0.717) is 13.2 Å². The Bertz CT molecular complexity index is 1070. The molecule has 1 aromatic heterocycles. The first-order chi connectivity index (χ1) is 13.8. The number of pyridine rings is 1. The molecule has 0 amide bonds. The summed E-state index contributed by atoms with van der Waals surface area (Å²) in [4.78, 5) is 4.17. The van der Waals surface area contributed by atoms with E-state index in [1.54, 1.807) is 6.20 Å². The Hall–Kier alpha value is -2.59. The molecule has 3 aromatic carbocycles. The van der Waals surface area contributed by atoms with Crippen molar-refractivity contribution in [1.29, 1.82) is 0 Å². The van der Waals surface area contributed by atoms with Gasteiger partial charge in [0.15, 0.2) is 0 Å². The van der Waals surface area contributed by atoms with Crippen molar-refractivity contribution < 1.29 is 4.74 Å². The number of fused-ring (bicyclic) bond motifs is 1. The van der Waals surface area contributed by atoms with Crippen LogP contribution in [0.25, 0.3) is 10.8 Å². The Morgan fingerprint density at radius 2 is 1.69 bits per heavy atom. The Morgan fingerprint density at radius 3 is 2.52 bits per heavy atom. The standard InChI is InChI=1S/C24H21ClN2O.ClH/c25-23-10-4-2-8-20(23)17-28-24-12-11-19-7-1-3-9-21(19)22(24)16-27-15-18-6-5-13-26-14-18;/h1-14,27H,15-17H2;1H. The van der Waals surface area contributed by atoms with E-state index in [-0.39, 0.29) is 12.4 Å². The maximum absolute atomic E-state index is 6.28. The van der Waals surface area contributed by atoms with Crippen molar-refractivity contribution >= 4 is 34.8 Å². The Labute approximate surface area is 182 Å². The predicted molar refractivity (Wildman–Crippen MR) is 122 cm³/mol. The zero-order valence-electron chi connectivity index (χ0n) is 15.8. The van der Waals surface area contributed by atoms with Crippen molar-refractivity contribution in [1.82, 2.24) is 10.3 Å². The van der Waals surface area contributed by atoms with Gasteiger partial charge in [-0.3, -0.25) is 4.98 Å². The highest BCUT2D eigenvalue weighted by Gasteiger charge is 2.10. The third kappa shape index (κ3) is 5.27. The van der Waals surface area contributed by atoms with Gasteiger partial charge >= 0.3 is 0 Å². The van der Waals surface area contributed by atoms with Crippen molar-refractivity contribution in [3.63, 3.8) is 0 Å². The molecule has 1 heterocycles. The van der Waals surface area contributed by atoms with Crippen LogP contribution in [0.5, 0.6) is 5.75 Å². The molecule has 0 saturated heterocycles. The van der Waals surface area contributed by atoms with E-state index < -0.39 is 0 Å². The van der Waals surface area contributed by atoms with E-state index in [1.807, 2.05) is 42.6 Å². The quantitative estimate of drug-likeness (QED) is 0.384. The second-order valence-corrected chi connectivity index (χ2v) is 7.02. The molecule has 0 radical (unpaired) electrons. The molecule has 0 unspecified atom stereocenters. The van der Waals surface area contributed by atoms with Crippen LogP contribution in [-0.2, 0) is 19.7 Å². The molecule has 29 heavy (non-hydrogen) atoms. The van der Waals surface area contributed by atoms with Crippen LogP contribution >= 0.6 is 24.0 Å². The number of hydrogen-bond donors (Lipinski definition) is 1. The maximum Gasteiger partial charge on any atom is 0.124 e. The third-order valence-electron chi connectivity index (χ3n) is 4.69. The van der Waals surface area contributed by atoms with E-state index in [0.717, 1.165) is 34.0 Å². The number of aromatic nitrogens is 1. The summed E-state index contributed by atoms with van der Waals surface area (Å²) in [6.45, 7) is 1.89. The lowest BCUT2D eigenvalue weighted by atomic mass is 10.0. The topological polar surface area (TPSA) is 34.1 Å². The minimum atomic E-state index is 0. The Balaban J connectivity index is 0.00000240. The van der Waals surface area contributed by atoms with Crippen molar-refractivity contribution in [3.05, 3.63) is 107 Å². The maximum atomic E-state index is 6.28. The predicted octanol–water partition coefficient (Wildman–Crippen LogP) is 6.18. The molecule has 0 aliphatic carbocycles. The zero-order chi connectivity index (χ0) is 19.2. The lowest BCUT2D eigenvalue weighted by molar-refractivity contribution is 0.303. The lowest BCUT2D eigenvalue weighted by Gasteiger charge is -2.16. The van der Waals surface area contributed by atoms with E-state index in [2.05, 4.69) is 46.7 Å². The fourth-order valence-corrected chi connectivity index (χ4v) is 3.43. The highest BCUT2D eigenvalue weighted by atomic mass is 35.5. The molecule has 0 aliphatic rings. The molecular formula is C24H22Cl2N2O. The Morgan fingerprint density at radius 1 is 0.862 bits per heavy atom. The second-order valence-electron chi connectivity index (χ2n) is 6.61. The third-order valence-corrected chi connectivity index (χ3v) is 5.06. The van der Waals surface area contributed by atoms with Gasteiger partial charge in [-0.25, -0.2) is 0 Å².